The van der Waals surface area contributed by atoms with Crippen LogP contribution in [0.15, 0.2) is 0 Å². The van der Waals surface area contributed by atoms with Crippen LogP contribution in [0.5, 0.6) is 0 Å². The molecule has 1 amide bonds. The van der Waals surface area contributed by atoms with Crippen LogP contribution in [0.1, 0.15) is 66.2 Å². The molecule has 1 saturated carbocycles. The van der Waals surface area contributed by atoms with Gasteiger partial charge in [-0.2, -0.15) is 0 Å². The Morgan fingerprint density at radius 3 is 2.65 bits per heavy atom. The van der Waals surface area contributed by atoms with E-state index in [1.807, 2.05) is 20.8 Å². The van der Waals surface area contributed by atoms with Crippen molar-refractivity contribution in [1.82, 2.24) is 16.0 Å². The Morgan fingerprint density at radius 2 is 2.04 bits per heavy atom. The second-order valence-electron chi connectivity index (χ2n) is 8.06. The minimum absolute atomic E-state index is 0.314. The molecule has 0 aromatic rings. The van der Waals surface area contributed by atoms with Gasteiger partial charge in [-0.25, -0.2) is 4.79 Å². The highest BCUT2D eigenvalue weighted by molar-refractivity contribution is 5.67. The average molecular weight is 325 g/mol. The van der Waals surface area contributed by atoms with Crippen LogP contribution < -0.4 is 16.0 Å². The zero-order valence-electron chi connectivity index (χ0n) is 15.3. The molecular formula is C18H35N3O2. The predicted molar refractivity (Wildman–Crippen MR) is 93.6 cm³/mol. The molecule has 0 aromatic carbocycles. The summed E-state index contributed by atoms with van der Waals surface area (Å²) in [6.45, 7) is 9.64. The lowest BCUT2D eigenvalue weighted by atomic mass is 9.92. The van der Waals surface area contributed by atoms with Gasteiger partial charge in [-0.3, -0.25) is 0 Å². The molecule has 1 saturated heterocycles. The molecule has 2 rings (SSSR count). The summed E-state index contributed by atoms with van der Waals surface area (Å²) < 4.78 is 5.32. The molecule has 5 heteroatoms. The van der Waals surface area contributed by atoms with Gasteiger partial charge in [0.15, 0.2) is 0 Å². The van der Waals surface area contributed by atoms with E-state index in [-0.39, 0.29) is 6.09 Å². The predicted octanol–water partition coefficient (Wildman–Crippen LogP) is 2.80. The van der Waals surface area contributed by atoms with E-state index in [0.29, 0.717) is 24.7 Å². The zero-order chi connectivity index (χ0) is 16.9. The first-order chi connectivity index (χ1) is 10.9. The standard InChI is InChI=1S/C18H35N3O2/c1-5-13(12-20-17(22)23-18(2,3)4)21-16-9-6-8-14(16)15-10-7-11-19-15/h13-16,19,21H,5-12H2,1-4H3,(H,20,22). The van der Waals surface area contributed by atoms with Gasteiger partial charge in [-0.05, 0) is 65.3 Å². The number of rotatable bonds is 6. The van der Waals surface area contributed by atoms with Gasteiger partial charge in [0.2, 0.25) is 0 Å². The maximum absolute atomic E-state index is 11.8. The number of carbonyl (C=O) groups excluding carboxylic acids is 1. The molecule has 5 nitrogen and oxygen atoms in total. The van der Waals surface area contributed by atoms with Gasteiger partial charge < -0.3 is 20.7 Å². The third-order valence-corrected chi connectivity index (χ3v) is 5.02. The molecule has 0 aromatic heterocycles. The molecule has 4 atom stereocenters. The van der Waals surface area contributed by atoms with Gasteiger partial charge in [-0.15, -0.1) is 0 Å². The van der Waals surface area contributed by atoms with Crippen molar-refractivity contribution in [2.24, 2.45) is 5.92 Å². The largest absolute Gasteiger partial charge is 0.444 e. The molecule has 1 heterocycles. The Morgan fingerprint density at radius 1 is 1.26 bits per heavy atom. The van der Waals surface area contributed by atoms with E-state index in [1.54, 1.807) is 0 Å². The summed E-state index contributed by atoms with van der Waals surface area (Å²) >= 11 is 0. The summed E-state index contributed by atoms with van der Waals surface area (Å²) in [5, 5.41) is 10.4. The molecule has 0 spiro atoms. The van der Waals surface area contributed by atoms with Gasteiger partial charge in [0, 0.05) is 24.7 Å². The fraction of sp³-hybridized carbons (Fsp3) is 0.944. The van der Waals surface area contributed by atoms with Crippen molar-refractivity contribution in [2.75, 3.05) is 13.1 Å². The minimum atomic E-state index is -0.441. The Kier molecular flexibility index (Phi) is 6.72. The molecule has 23 heavy (non-hydrogen) atoms. The van der Waals surface area contributed by atoms with E-state index in [2.05, 4.69) is 22.9 Å². The monoisotopic (exact) mass is 325 g/mol. The smallest absolute Gasteiger partial charge is 0.407 e. The van der Waals surface area contributed by atoms with Crippen LogP contribution in [-0.2, 0) is 4.74 Å². The lowest BCUT2D eigenvalue weighted by Gasteiger charge is -2.30. The van der Waals surface area contributed by atoms with Crippen LogP contribution >= 0.6 is 0 Å². The summed E-state index contributed by atoms with van der Waals surface area (Å²) in [7, 11) is 0. The first kappa shape index (κ1) is 18.5. The van der Waals surface area contributed by atoms with Crippen molar-refractivity contribution in [3.8, 4) is 0 Å². The van der Waals surface area contributed by atoms with Crippen molar-refractivity contribution in [3.05, 3.63) is 0 Å². The second kappa shape index (κ2) is 8.34. The number of amides is 1. The molecule has 0 radical (unpaired) electrons. The van der Waals surface area contributed by atoms with Gasteiger partial charge in [0.05, 0.1) is 0 Å². The van der Waals surface area contributed by atoms with Crippen LogP contribution in [0.2, 0.25) is 0 Å². The van der Waals surface area contributed by atoms with E-state index in [4.69, 9.17) is 4.74 Å². The van der Waals surface area contributed by atoms with Crippen molar-refractivity contribution >= 4 is 6.09 Å². The number of hydrogen-bond donors (Lipinski definition) is 3. The highest BCUT2D eigenvalue weighted by atomic mass is 16.6. The molecule has 3 N–H and O–H groups in total. The summed E-state index contributed by atoms with van der Waals surface area (Å²) in [5.74, 6) is 0.744. The van der Waals surface area contributed by atoms with Crippen molar-refractivity contribution in [1.29, 1.82) is 0 Å². The van der Waals surface area contributed by atoms with Crippen molar-refractivity contribution in [2.45, 2.75) is 89.9 Å². The Labute approximate surface area is 141 Å². The molecule has 2 fully saturated rings. The number of hydrogen-bond acceptors (Lipinski definition) is 4. The van der Waals surface area contributed by atoms with E-state index in [0.717, 1.165) is 12.3 Å². The Hall–Kier alpha value is -0.810. The molecule has 1 aliphatic carbocycles. The minimum Gasteiger partial charge on any atom is -0.444 e. The van der Waals surface area contributed by atoms with Gasteiger partial charge >= 0.3 is 6.09 Å². The molecule has 134 valence electrons. The molecule has 0 bridgehead atoms. The average Bonchev–Trinajstić information content (AvgIpc) is 3.12. The Balaban J connectivity index is 1.78. The Bertz CT molecular complexity index is 375. The van der Waals surface area contributed by atoms with Gasteiger partial charge in [0.1, 0.15) is 5.60 Å². The maximum Gasteiger partial charge on any atom is 0.407 e. The fourth-order valence-electron chi connectivity index (χ4n) is 3.90. The van der Waals surface area contributed by atoms with E-state index >= 15 is 0 Å². The van der Waals surface area contributed by atoms with Crippen molar-refractivity contribution in [3.63, 3.8) is 0 Å². The van der Waals surface area contributed by atoms with E-state index in [9.17, 15) is 4.79 Å². The highest BCUT2D eigenvalue weighted by Gasteiger charge is 2.35. The first-order valence-electron chi connectivity index (χ1n) is 9.35. The quantitative estimate of drug-likeness (QED) is 0.703. The maximum atomic E-state index is 11.8. The SMILES string of the molecule is CCC(CNC(=O)OC(C)(C)C)NC1CCCC1C1CCCN1. The summed E-state index contributed by atoms with van der Waals surface area (Å²) in [4.78, 5) is 11.8. The van der Waals surface area contributed by atoms with Gasteiger partial charge in [-0.1, -0.05) is 13.3 Å². The van der Waals surface area contributed by atoms with E-state index in [1.165, 1.54) is 38.6 Å². The van der Waals surface area contributed by atoms with Crippen molar-refractivity contribution < 1.29 is 9.53 Å². The third-order valence-electron chi connectivity index (χ3n) is 5.02. The van der Waals surface area contributed by atoms with Crippen LogP contribution in [0.3, 0.4) is 0 Å². The lowest BCUT2D eigenvalue weighted by Crippen LogP contribution is -2.50. The number of alkyl carbamates (subject to hydrolysis) is 1. The normalized spacial score (nSPS) is 29.5. The fourth-order valence-corrected chi connectivity index (χ4v) is 3.90. The highest BCUT2D eigenvalue weighted by Crippen LogP contribution is 2.32. The number of ether oxygens (including phenoxy) is 1. The van der Waals surface area contributed by atoms with Crippen LogP contribution in [-0.4, -0.2) is 42.9 Å². The van der Waals surface area contributed by atoms with Crippen LogP contribution in [0.4, 0.5) is 4.79 Å². The lowest BCUT2D eigenvalue weighted by molar-refractivity contribution is 0.0520. The van der Waals surface area contributed by atoms with Crippen LogP contribution in [0.25, 0.3) is 0 Å². The number of nitrogens with one attached hydrogen (secondary N) is 3. The molecule has 1 aliphatic heterocycles. The van der Waals surface area contributed by atoms with Crippen LogP contribution in [0, 0.1) is 5.92 Å². The molecular weight excluding hydrogens is 290 g/mol. The summed E-state index contributed by atoms with van der Waals surface area (Å²) in [5.41, 5.74) is -0.441. The van der Waals surface area contributed by atoms with E-state index < -0.39 is 5.60 Å². The third kappa shape index (κ3) is 5.96. The zero-order valence-corrected chi connectivity index (χ0v) is 15.3. The molecule has 2 aliphatic rings. The topological polar surface area (TPSA) is 62.4 Å². The number of carbonyl (C=O) groups is 1. The second-order valence-corrected chi connectivity index (χ2v) is 8.06. The molecule has 4 unspecified atom stereocenters. The van der Waals surface area contributed by atoms with Gasteiger partial charge in [0.25, 0.3) is 0 Å². The summed E-state index contributed by atoms with van der Waals surface area (Å²) in [6, 6.07) is 1.58. The first-order valence-corrected chi connectivity index (χ1v) is 9.35. The summed E-state index contributed by atoms with van der Waals surface area (Å²) in [6.07, 6.45) is 7.21.